The predicted octanol–water partition coefficient (Wildman–Crippen LogP) is 2.23. The summed E-state index contributed by atoms with van der Waals surface area (Å²) < 4.78 is 11.8. The molecule has 1 N–H and O–H groups in total. The number of nitrogens with zero attached hydrogens (tertiary/aromatic N) is 4. The van der Waals surface area contributed by atoms with Crippen molar-refractivity contribution in [1.29, 1.82) is 5.26 Å². The van der Waals surface area contributed by atoms with Crippen LogP contribution in [0.4, 0.5) is 5.69 Å². The van der Waals surface area contributed by atoms with E-state index in [1.165, 1.54) is 16.8 Å². The van der Waals surface area contributed by atoms with Crippen molar-refractivity contribution in [3.05, 3.63) is 67.3 Å². The zero-order valence-corrected chi connectivity index (χ0v) is 18.5. The van der Waals surface area contributed by atoms with Crippen LogP contribution in [0.15, 0.2) is 43.3 Å². The van der Waals surface area contributed by atoms with Crippen LogP contribution in [0.2, 0.25) is 0 Å². The van der Waals surface area contributed by atoms with Gasteiger partial charge < -0.3 is 14.3 Å². The molecule has 9 nitrogen and oxygen atoms in total. The van der Waals surface area contributed by atoms with Gasteiger partial charge in [0.2, 0.25) is 5.88 Å². The zero-order chi connectivity index (χ0) is 23.5. The number of ether oxygens (including phenoxy) is 1. The van der Waals surface area contributed by atoms with E-state index in [1.807, 2.05) is 13.0 Å². The molecule has 1 aliphatic heterocycles. The largest absolute Gasteiger partial charge is 0.494 e. The maximum Gasteiger partial charge on any atom is 0.336 e. The minimum atomic E-state index is -0.527. The molecule has 9 heteroatoms. The summed E-state index contributed by atoms with van der Waals surface area (Å²) in [5.74, 6) is -0.239. The second-order valence-corrected chi connectivity index (χ2v) is 7.95. The zero-order valence-electron chi connectivity index (χ0n) is 18.5. The molecule has 0 saturated carbocycles. The summed E-state index contributed by atoms with van der Waals surface area (Å²) in [7, 11) is 0. The fourth-order valence-electron chi connectivity index (χ4n) is 3.93. The van der Waals surface area contributed by atoms with Crippen molar-refractivity contribution >= 4 is 22.9 Å². The molecule has 33 heavy (non-hydrogen) atoms. The lowest BCUT2D eigenvalue weighted by Crippen LogP contribution is -2.39. The molecule has 3 aromatic rings. The molecule has 2 aromatic heterocycles. The van der Waals surface area contributed by atoms with Gasteiger partial charge in [0.15, 0.2) is 0 Å². The van der Waals surface area contributed by atoms with Crippen molar-refractivity contribution in [2.75, 3.05) is 32.8 Å². The fourth-order valence-corrected chi connectivity index (χ4v) is 3.93. The number of benzene rings is 1. The molecule has 0 aliphatic carbocycles. The van der Waals surface area contributed by atoms with E-state index in [0.29, 0.717) is 42.2 Å². The number of rotatable bonds is 5. The Bertz CT molecular complexity index is 1390. The van der Waals surface area contributed by atoms with Gasteiger partial charge in [-0.3, -0.25) is 19.3 Å². The molecule has 0 unspecified atom stereocenters. The number of aromatic hydroxyl groups is 1. The Morgan fingerprint density at radius 1 is 1.18 bits per heavy atom. The van der Waals surface area contributed by atoms with Gasteiger partial charge >= 0.3 is 5.63 Å². The quantitative estimate of drug-likeness (QED) is 0.469. The molecular formula is C24H24N4O5. The molecule has 0 radical (unpaired) electrons. The molecule has 170 valence electrons. The van der Waals surface area contributed by atoms with Crippen molar-refractivity contribution in [3.63, 3.8) is 0 Å². The summed E-state index contributed by atoms with van der Waals surface area (Å²) in [4.78, 5) is 31.0. The van der Waals surface area contributed by atoms with E-state index in [1.54, 1.807) is 25.1 Å². The maximum atomic E-state index is 12.8. The first kappa shape index (κ1) is 22.5. The third-order valence-corrected chi connectivity index (χ3v) is 5.87. The molecule has 0 atom stereocenters. The van der Waals surface area contributed by atoms with Gasteiger partial charge in [0.05, 0.1) is 24.5 Å². The molecule has 3 heterocycles. The Morgan fingerprint density at radius 2 is 1.94 bits per heavy atom. The highest BCUT2D eigenvalue weighted by molar-refractivity contribution is 5.89. The molecule has 0 amide bonds. The normalized spacial score (nSPS) is 14.7. The molecule has 0 spiro atoms. The van der Waals surface area contributed by atoms with Crippen LogP contribution in [-0.4, -0.2) is 53.6 Å². The predicted molar refractivity (Wildman–Crippen MR) is 124 cm³/mol. The molecule has 1 aromatic carbocycles. The lowest BCUT2D eigenvalue weighted by molar-refractivity contribution is 0.0360. The van der Waals surface area contributed by atoms with Crippen LogP contribution in [-0.2, 0) is 11.3 Å². The second kappa shape index (κ2) is 9.40. The number of morpholine rings is 1. The fraction of sp³-hybridized carbons (Fsp3) is 0.333. The Morgan fingerprint density at radius 3 is 2.67 bits per heavy atom. The molecule has 1 saturated heterocycles. The van der Waals surface area contributed by atoms with E-state index in [0.717, 1.165) is 24.0 Å². The third-order valence-electron chi connectivity index (χ3n) is 5.87. The van der Waals surface area contributed by atoms with Crippen molar-refractivity contribution < 1.29 is 14.3 Å². The summed E-state index contributed by atoms with van der Waals surface area (Å²) in [6.07, 6.45) is 1.42. The van der Waals surface area contributed by atoms with Crippen LogP contribution in [0.25, 0.3) is 11.0 Å². The van der Waals surface area contributed by atoms with Gasteiger partial charge in [-0.1, -0.05) is 0 Å². The highest BCUT2D eigenvalue weighted by Gasteiger charge is 2.19. The van der Waals surface area contributed by atoms with Gasteiger partial charge in [0.1, 0.15) is 17.2 Å². The number of aryl methyl sites for hydroxylation is 1. The summed E-state index contributed by atoms with van der Waals surface area (Å²) in [5, 5.41) is 21.2. The smallest absolute Gasteiger partial charge is 0.336 e. The Kier molecular flexibility index (Phi) is 6.40. The summed E-state index contributed by atoms with van der Waals surface area (Å²) in [6.45, 7) is 6.97. The lowest BCUT2D eigenvalue weighted by atomic mass is 10.1. The Balaban J connectivity index is 1.70. The van der Waals surface area contributed by atoms with Crippen molar-refractivity contribution in [1.82, 2.24) is 9.47 Å². The van der Waals surface area contributed by atoms with E-state index in [9.17, 15) is 20.0 Å². The van der Waals surface area contributed by atoms with Crippen molar-refractivity contribution in [3.8, 4) is 11.9 Å². The van der Waals surface area contributed by atoms with Gasteiger partial charge in [-0.05, 0) is 37.1 Å². The maximum absolute atomic E-state index is 12.8. The number of hydrogen-bond acceptors (Lipinski definition) is 8. The number of aromatic nitrogens is 1. The van der Waals surface area contributed by atoms with Gasteiger partial charge in [0.25, 0.3) is 5.56 Å². The van der Waals surface area contributed by atoms with Crippen LogP contribution >= 0.6 is 0 Å². The van der Waals surface area contributed by atoms with Crippen LogP contribution in [0.1, 0.15) is 22.3 Å². The number of aliphatic imine (C=N–C) groups is 1. The SMILES string of the molecule is Cc1c(C=Nc2ccc3c(C)cc(=O)oc3c2)c(O)n(CCN2CCOCC2)c(=O)c1C#N. The number of hydrogen-bond donors (Lipinski definition) is 1. The van der Waals surface area contributed by atoms with Crippen molar-refractivity contribution in [2.45, 2.75) is 20.4 Å². The first-order valence-corrected chi connectivity index (χ1v) is 10.6. The van der Waals surface area contributed by atoms with Crippen LogP contribution < -0.4 is 11.2 Å². The van der Waals surface area contributed by atoms with Crippen LogP contribution in [0, 0.1) is 25.2 Å². The average Bonchev–Trinajstić information content (AvgIpc) is 2.79. The minimum Gasteiger partial charge on any atom is -0.494 e. The van der Waals surface area contributed by atoms with E-state index in [4.69, 9.17) is 9.15 Å². The monoisotopic (exact) mass is 448 g/mol. The number of fused-ring (bicyclic) bond motifs is 1. The van der Waals surface area contributed by atoms with Crippen molar-refractivity contribution in [2.24, 2.45) is 4.99 Å². The summed E-state index contributed by atoms with van der Waals surface area (Å²) >= 11 is 0. The minimum absolute atomic E-state index is 0.0311. The first-order chi connectivity index (χ1) is 15.9. The highest BCUT2D eigenvalue weighted by Crippen LogP contribution is 2.24. The standard InChI is InChI=1S/C24H24N4O5/c1-15-11-22(29)33-21-12-17(3-4-18(15)21)26-14-20-16(2)19(13-25)23(30)28(24(20)31)6-5-27-7-9-32-10-8-27/h3-4,11-12,14,31H,5-10H2,1-2H3. The number of pyridine rings is 1. The number of nitriles is 1. The summed E-state index contributed by atoms with van der Waals surface area (Å²) in [5.41, 5.74) is 1.35. The molecular weight excluding hydrogens is 424 g/mol. The van der Waals surface area contributed by atoms with Gasteiger partial charge in [-0.15, -0.1) is 0 Å². The topological polar surface area (TPSA) is 121 Å². The van der Waals surface area contributed by atoms with E-state index in [2.05, 4.69) is 9.89 Å². The lowest BCUT2D eigenvalue weighted by Gasteiger charge is -2.27. The molecule has 0 bridgehead atoms. The van der Waals surface area contributed by atoms with E-state index < -0.39 is 11.2 Å². The Labute approximate surface area is 189 Å². The third kappa shape index (κ3) is 4.58. The highest BCUT2D eigenvalue weighted by atomic mass is 16.5. The van der Waals surface area contributed by atoms with E-state index >= 15 is 0 Å². The average molecular weight is 448 g/mol. The summed E-state index contributed by atoms with van der Waals surface area (Å²) in [6, 6.07) is 8.58. The molecule has 1 aliphatic rings. The molecule has 1 fully saturated rings. The van der Waals surface area contributed by atoms with Crippen LogP contribution in [0.3, 0.4) is 0 Å². The van der Waals surface area contributed by atoms with Gasteiger partial charge in [-0.2, -0.15) is 5.26 Å². The Hall–Kier alpha value is -3.74. The van der Waals surface area contributed by atoms with E-state index in [-0.39, 0.29) is 18.0 Å². The second-order valence-electron chi connectivity index (χ2n) is 7.95. The first-order valence-electron chi connectivity index (χ1n) is 10.6. The van der Waals surface area contributed by atoms with Gasteiger partial charge in [0, 0.05) is 49.9 Å². The van der Waals surface area contributed by atoms with Gasteiger partial charge in [-0.25, -0.2) is 4.79 Å². The molecule has 4 rings (SSSR count). The van der Waals surface area contributed by atoms with Crippen LogP contribution in [0.5, 0.6) is 5.88 Å².